The molecule has 0 saturated carbocycles. The van der Waals surface area contributed by atoms with Crippen LogP contribution in [0, 0.1) is 0 Å². The van der Waals surface area contributed by atoms with Gasteiger partial charge in [0.05, 0.1) is 6.26 Å². The van der Waals surface area contributed by atoms with Crippen molar-refractivity contribution in [2.75, 3.05) is 39.8 Å². The summed E-state index contributed by atoms with van der Waals surface area (Å²) >= 11 is 3.49. The minimum atomic E-state index is -0.0519. The van der Waals surface area contributed by atoms with Crippen molar-refractivity contribution >= 4 is 51.8 Å². The highest BCUT2D eigenvalue weighted by Gasteiger charge is 2.26. The van der Waals surface area contributed by atoms with Crippen LogP contribution in [-0.2, 0) is 5.41 Å². The summed E-state index contributed by atoms with van der Waals surface area (Å²) in [6, 6.07) is 11.9. The fourth-order valence-corrected chi connectivity index (χ4v) is 3.58. The number of furan rings is 1. The van der Waals surface area contributed by atoms with Gasteiger partial charge < -0.3 is 19.5 Å². The van der Waals surface area contributed by atoms with Gasteiger partial charge in [0, 0.05) is 49.7 Å². The number of amides is 1. The lowest BCUT2D eigenvalue weighted by Crippen LogP contribution is -2.54. The van der Waals surface area contributed by atoms with E-state index in [9.17, 15) is 4.79 Å². The van der Waals surface area contributed by atoms with E-state index in [2.05, 4.69) is 69.3 Å². The number of rotatable bonds is 4. The number of nitrogens with one attached hydrogen (secondary N) is 1. The van der Waals surface area contributed by atoms with E-state index in [0.29, 0.717) is 18.8 Å². The first kappa shape index (κ1) is 23.7. The normalized spacial score (nSPS) is 15.1. The zero-order valence-electron chi connectivity index (χ0n) is 17.0. The maximum absolute atomic E-state index is 12.4. The third-order valence-electron chi connectivity index (χ3n) is 5.12. The number of piperazine rings is 1. The minimum absolute atomic E-state index is 0. The fourth-order valence-electron chi connectivity index (χ4n) is 3.31. The van der Waals surface area contributed by atoms with Crippen LogP contribution in [0.2, 0.25) is 0 Å². The van der Waals surface area contributed by atoms with Gasteiger partial charge in [-0.3, -0.25) is 9.79 Å². The third-order valence-corrected chi connectivity index (χ3v) is 5.65. The van der Waals surface area contributed by atoms with Gasteiger partial charge >= 0.3 is 0 Å². The molecule has 1 N–H and O–H groups in total. The Morgan fingerprint density at radius 2 is 1.76 bits per heavy atom. The molecule has 29 heavy (non-hydrogen) atoms. The smallest absolute Gasteiger partial charge is 0.289 e. The summed E-state index contributed by atoms with van der Waals surface area (Å²) in [4.78, 5) is 20.9. The van der Waals surface area contributed by atoms with Gasteiger partial charge in [0.25, 0.3) is 5.91 Å². The molecular weight excluding hydrogens is 547 g/mol. The monoisotopic (exact) mass is 574 g/mol. The van der Waals surface area contributed by atoms with Crippen LogP contribution in [0.3, 0.4) is 0 Å². The summed E-state index contributed by atoms with van der Waals surface area (Å²) in [7, 11) is 1.80. The lowest BCUT2D eigenvalue weighted by atomic mass is 9.85. The molecule has 2 heterocycles. The standard InChI is InChI=1S/C21H27BrN4O2.HI/c1-21(2,16-6-8-17(22)9-7-16)15-24-20(23-3)26-12-10-25(11-13-26)19(27)18-5-4-14-28-18;/h4-9,14H,10-13,15H2,1-3H3,(H,23,24);1H. The number of hydrogen-bond donors (Lipinski definition) is 1. The van der Waals surface area contributed by atoms with Gasteiger partial charge in [0.2, 0.25) is 0 Å². The van der Waals surface area contributed by atoms with E-state index in [-0.39, 0.29) is 35.3 Å². The molecule has 1 aromatic heterocycles. The Balaban J connectivity index is 0.00000300. The molecule has 1 aliphatic heterocycles. The highest BCUT2D eigenvalue weighted by atomic mass is 127. The Hall–Kier alpha value is -1.55. The van der Waals surface area contributed by atoms with Crippen LogP contribution in [0.1, 0.15) is 30.0 Å². The zero-order valence-corrected chi connectivity index (χ0v) is 20.9. The molecule has 0 unspecified atom stereocenters. The largest absolute Gasteiger partial charge is 0.459 e. The van der Waals surface area contributed by atoms with E-state index in [1.807, 2.05) is 4.90 Å². The summed E-state index contributed by atoms with van der Waals surface area (Å²) in [5.74, 6) is 1.21. The highest BCUT2D eigenvalue weighted by Crippen LogP contribution is 2.24. The van der Waals surface area contributed by atoms with E-state index in [4.69, 9.17) is 4.42 Å². The molecule has 1 saturated heterocycles. The predicted molar refractivity (Wildman–Crippen MR) is 130 cm³/mol. The van der Waals surface area contributed by atoms with Gasteiger partial charge in [-0.05, 0) is 29.8 Å². The van der Waals surface area contributed by atoms with Crippen molar-refractivity contribution in [3.8, 4) is 0 Å². The second kappa shape index (κ2) is 10.5. The average Bonchev–Trinajstić information content (AvgIpc) is 3.23. The molecule has 0 atom stereocenters. The Kier molecular flexibility index (Phi) is 8.57. The van der Waals surface area contributed by atoms with Crippen molar-refractivity contribution in [1.29, 1.82) is 0 Å². The quantitative estimate of drug-likeness (QED) is 0.341. The fraction of sp³-hybridized carbons (Fsp3) is 0.429. The number of halogens is 2. The van der Waals surface area contributed by atoms with Gasteiger partial charge in [-0.15, -0.1) is 24.0 Å². The van der Waals surface area contributed by atoms with Gasteiger partial charge in [0.1, 0.15) is 0 Å². The number of guanidine groups is 1. The Bertz CT molecular complexity index is 814. The molecule has 0 spiro atoms. The molecule has 1 fully saturated rings. The van der Waals surface area contributed by atoms with Crippen LogP contribution in [0.5, 0.6) is 0 Å². The highest BCUT2D eigenvalue weighted by molar-refractivity contribution is 14.0. The predicted octanol–water partition coefficient (Wildman–Crippen LogP) is 3.97. The molecular formula is C21H28BrIN4O2. The molecule has 1 amide bonds. The number of hydrogen-bond acceptors (Lipinski definition) is 3. The molecule has 0 bridgehead atoms. The van der Waals surface area contributed by atoms with Crippen molar-refractivity contribution in [1.82, 2.24) is 15.1 Å². The summed E-state index contributed by atoms with van der Waals surface area (Å²) < 4.78 is 6.31. The van der Waals surface area contributed by atoms with Crippen LogP contribution >= 0.6 is 39.9 Å². The summed E-state index contributed by atoms with van der Waals surface area (Å²) in [6.45, 7) is 7.99. The average molecular weight is 575 g/mol. The lowest BCUT2D eigenvalue weighted by Gasteiger charge is -2.37. The SMILES string of the molecule is CN=C(NCC(C)(C)c1ccc(Br)cc1)N1CCN(C(=O)c2ccco2)CC1.I. The van der Waals surface area contributed by atoms with Crippen molar-refractivity contribution < 1.29 is 9.21 Å². The number of aliphatic imine (C=N–C) groups is 1. The van der Waals surface area contributed by atoms with E-state index in [1.165, 1.54) is 11.8 Å². The summed E-state index contributed by atoms with van der Waals surface area (Å²) in [6.07, 6.45) is 1.53. The maximum Gasteiger partial charge on any atom is 0.289 e. The molecule has 0 radical (unpaired) electrons. The minimum Gasteiger partial charge on any atom is -0.459 e. The van der Waals surface area contributed by atoms with Crippen molar-refractivity contribution in [3.05, 3.63) is 58.5 Å². The Morgan fingerprint density at radius 1 is 1.14 bits per heavy atom. The van der Waals surface area contributed by atoms with Gasteiger partial charge in [-0.25, -0.2) is 0 Å². The van der Waals surface area contributed by atoms with Crippen molar-refractivity contribution in [2.45, 2.75) is 19.3 Å². The molecule has 3 rings (SSSR count). The first-order valence-corrected chi connectivity index (χ1v) is 10.2. The number of carbonyl (C=O) groups excluding carboxylic acids is 1. The maximum atomic E-state index is 12.4. The third kappa shape index (κ3) is 5.97. The second-order valence-electron chi connectivity index (χ2n) is 7.55. The Labute approximate surface area is 197 Å². The molecule has 2 aromatic rings. The van der Waals surface area contributed by atoms with Gasteiger partial charge in [-0.1, -0.05) is 41.9 Å². The topological polar surface area (TPSA) is 61.1 Å². The molecule has 0 aliphatic carbocycles. The Morgan fingerprint density at radius 3 is 2.31 bits per heavy atom. The van der Waals surface area contributed by atoms with Gasteiger partial charge in [0.15, 0.2) is 11.7 Å². The van der Waals surface area contributed by atoms with E-state index < -0.39 is 0 Å². The van der Waals surface area contributed by atoms with Crippen LogP contribution in [0.25, 0.3) is 0 Å². The second-order valence-corrected chi connectivity index (χ2v) is 8.46. The van der Waals surface area contributed by atoms with Gasteiger partial charge in [-0.2, -0.15) is 0 Å². The van der Waals surface area contributed by atoms with Crippen LogP contribution in [0.15, 0.2) is 56.5 Å². The number of nitrogens with zero attached hydrogens (tertiary/aromatic N) is 3. The van der Waals surface area contributed by atoms with Crippen LogP contribution < -0.4 is 5.32 Å². The molecule has 8 heteroatoms. The summed E-state index contributed by atoms with van der Waals surface area (Å²) in [5.41, 5.74) is 1.24. The lowest BCUT2D eigenvalue weighted by molar-refractivity contribution is 0.0657. The molecule has 158 valence electrons. The van der Waals surface area contributed by atoms with Crippen LogP contribution in [0.4, 0.5) is 0 Å². The van der Waals surface area contributed by atoms with Crippen LogP contribution in [-0.4, -0.2) is 61.4 Å². The van der Waals surface area contributed by atoms with E-state index >= 15 is 0 Å². The number of carbonyl (C=O) groups is 1. The zero-order chi connectivity index (χ0) is 20.1. The summed E-state index contributed by atoms with van der Waals surface area (Å²) in [5, 5.41) is 3.51. The number of benzene rings is 1. The molecule has 1 aromatic carbocycles. The van der Waals surface area contributed by atoms with Crippen molar-refractivity contribution in [2.24, 2.45) is 4.99 Å². The van der Waals surface area contributed by atoms with E-state index in [1.54, 1.807) is 19.2 Å². The molecule has 1 aliphatic rings. The first-order valence-electron chi connectivity index (χ1n) is 9.45. The van der Waals surface area contributed by atoms with Crippen molar-refractivity contribution in [3.63, 3.8) is 0 Å². The van der Waals surface area contributed by atoms with E-state index in [0.717, 1.165) is 30.1 Å². The molecule has 6 nitrogen and oxygen atoms in total. The first-order chi connectivity index (χ1) is 13.4.